The van der Waals surface area contributed by atoms with Crippen LogP contribution in [-0.2, 0) is 6.54 Å². The van der Waals surface area contributed by atoms with Crippen LogP contribution in [0.2, 0.25) is 10.0 Å². The molecule has 1 aromatic carbocycles. The normalized spacial score (nSPS) is 12.8. The fourth-order valence-corrected chi connectivity index (χ4v) is 2.78. The average Bonchev–Trinajstić information content (AvgIpc) is 2.96. The van der Waals surface area contributed by atoms with Crippen LogP contribution >= 0.6 is 23.2 Å². The molecule has 5 heteroatoms. The second-order valence-corrected chi connectivity index (χ2v) is 5.88. The summed E-state index contributed by atoms with van der Waals surface area (Å²) in [6.45, 7) is 1.72. The minimum Gasteiger partial charge on any atom is -0.468 e. The minimum atomic E-state index is 0.176. The van der Waals surface area contributed by atoms with Crippen molar-refractivity contribution in [2.45, 2.75) is 19.0 Å². The fraction of sp³-hybridized carbons (Fsp3) is 0.375. The molecular weight excluding hydrogens is 307 g/mol. The first-order valence-corrected chi connectivity index (χ1v) is 7.69. The van der Waals surface area contributed by atoms with E-state index in [0.717, 1.165) is 30.8 Å². The molecule has 0 saturated heterocycles. The van der Waals surface area contributed by atoms with Gasteiger partial charge < -0.3 is 9.73 Å². The number of nitrogens with zero attached hydrogens (tertiary/aromatic N) is 1. The average molecular weight is 327 g/mol. The first-order chi connectivity index (χ1) is 10.1. The zero-order valence-electron chi connectivity index (χ0n) is 12.3. The quantitative estimate of drug-likeness (QED) is 0.819. The maximum atomic E-state index is 6.30. The second-order valence-electron chi connectivity index (χ2n) is 5.09. The van der Waals surface area contributed by atoms with Crippen LogP contribution in [0.5, 0.6) is 0 Å². The molecule has 2 aromatic rings. The standard InChI is InChI=1S/C16H20Cl2N2O/c1-19-15(13-6-3-7-14(17)16(13)18)8-9-20(2)11-12-5-4-10-21-12/h3-7,10,15,19H,8-9,11H2,1-2H3. The molecule has 0 fully saturated rings. The van der Waals surface area contributed by atoms with Crippen LogP contribution in [0.3, 0.4) is 0 Å². The molecule has 2 rings (SSSR count). The molecule has 0 aliphatic rings. The third kappa shape index (κ3) is 4.48. The summed E-state index contributed by atoms with van der Waals surface area (Å²) in [5.74, 6) is 0.972. The fourth-order valence-electron chi connectivity index (χ4n) is 2.34. The van der Waals surface area contributed by atoms with Crippen LogP contribution in [-0.4, -0.2) is 25.5 Å². The van der Waals surface area contributed by atoms with Crippen LogP contribution in [0.1, 0.15) is 23.8 Å². The molecule has 0 saturated carbocycles. The van der Waals surface area contributed by atoms with Gasteiger partial charge in [-0.2, -0.15) is 0 Å². The van der Waals surface area contributed by atoms with Gasteiger partial charge in [0, 0.05) is 12.6 Å². The summed E-state index contributed by atoms with van der Waals surface area (Å²) in [7, 11) is 4.02. The molecule has 0 aliphatic carbocycles. The predicted molar refractivity (Wildman–Crippen MR) is 87.9 cm³/mol. The van der Waals surface area contributed by atoms with Gasteiger partial charge >= 0.3 is 0 Å². The smallest absolute Gasteiger partial charge is 0.117 e. The zero-order valence-corrected chi connectivity index (χ0v) is 13.8. The molecule has 1 N–H and O–H groups in total. The van der Waals surface area contributed by atoms with Gasteiger partial charge in [0.15, 0.2) is 0 Å². The van der Waals surface area contributed by atoms with Gasteiger partial charge in [0.2, 0.25) is 0 Å². The Morgan fingerprint density at radius 1 is 1.24 bits per heavy atom. The summed E-state index contributed by atoms with van der Waals surface area (Å²) in [5.41, 5.74) is 1.04. The van der Waals surface area contributed by atoms with E-state index < -0.39 is 0 Å². The Bertz CT molecular complexity index is 557. The van der Waals surface area contributed by atoms with Gasteiger partial charge in [0.1, 0.15) is 5.76 Å². The molecule has 1 atom stereocenters. The van der Waals surface area contributed by atoms with Crippen molar-refractivity contribution in [3.63, 3.8) is 0 Å². The van der Waals surface area contributed by atoms with Crippen LogP contribution in [0.15, 0.2) is 41.0 Å². The topological polar surface area (TPSA) is 28.4 Å². The van der Waals surface area contributed by atoms with Crippen molar-refractivity contribution in [2.24, 2.45) is 0 Å². The zero-order chi connectivity index (χ0) is 15.2. The predicted octanol–water partition coefficient (Wildman–Crippen LogP) is 4.37. The van der Waals surface area contributed by atoms with E-state index in [0.29, 0.717) is 10.0 Å². The molecule has 1 unspecified atom stereocenters. The number of rotatable bonds is 7. The Hall–Kier alpha value is -1.000. The van der Waals surface area contributed by atoms with E-state index in [9.17, 15) is 0 Å². The molecule has 3 nitrogen and oxygen atoms in total. The third-order valence-electron chi connectivity index (χ3n) is 3.51. The molecule has 0 bridgehead atoms. The number of furan rings is 1. The lowest BCUT2D eigenvalue weighted by Gasteiger charge is -2.22. The van der Waals surface area contributed by atoms with E-state index in [1.807, 2.05) is 37.4 Å². The highest BCUT2D eigenvalue weighted by Gasteiger charge is 2.15. The maximum absolute atomic E-state index is 6.30. The van der Waals surface area contributed by atoms with Crippen molar-refractivity contribution in [1.82, 2.24) is 10.2 Å². The molecule has 0 amide bonds. The van der Waals surface area contributed by atoms with Crippen LogP contribution in [0.4, 0.5) is 0 Å². The monoisotopic (exact) mass is 326 g/mol. The van der Waals surface area contributed by atoms with Gasteiger partial charge in [-0.3, -0.25) is 4.90 Å². The Morgan fingerprint density at radius 2 is 2.05 bits per heavy atom. The summed E-state index contributed by atoms with van der Waals surface area (Å²) in [4.78, 5) is 2.22. The van der Waals surface area contributed by atoms with E-state index >= 15 is 0 Å². The number of hydrogen-bond donors (Lipinski definition) is 1. The summed E-state index contributed by atoms with van der Waals surface area (Å²) >= 11 is 12.4. The summed E-state index contributed by atoms with van der Waals surface area (Å²) < 4.78 is 5.36. The largest absolute Gasteiger partial charge is 0.468 e. The van der Waals surface area contributed by atoms with Crippen molar-refractivity contribution in [3.8, 4) is 0 Å². The first-order valence-electron chi connectivity index (χ1n) is 6.94. The SMILES string of the molecule is CNC(CCN(C)Cc1ccco1)c1cccc(Cl)c1Cl. The maximum Gasteiger partial charge on any atom is 0.117 e. The molecule has 114 valence electrons. The number of nitrogens with one attached hydrogen (secondary N) is 1. The molecule has 1 aromatic heterocycles. The highest BCUT2D eigenvalue weighted by molar-refractivity contribution is 6.42. The molecule has 0 radical (unpaired) electrons. The molecule has 0 aliphatic heterocycles. The molecular formula is C16H20Cl2N2O. The van der Waals surface area contributed by atoms with E-state index in [1.165, 1.54) is 0 Å². The van der Waals surface area contributed by atoms with Gasteiger partial charge in [-0.15, -0.1) is 0 Å². The van der Waals surface area contributed by atoms with Crippen molar-refractivity contribution < 1.29 is 4.42 Å². The van der Waals surface area contributed by atoms with Crippen LogP contribution < -0.4 is 5.32 Å². The Labute approximate surface area is 135 Å². The van der Waals surface area contributed by atoms with Crippen molar-refractivity contribution in [3.05, 3.63) is 58.0 Å². The molecule has 21 heavy (non-hydrogen) atoms. The van der Waals surface area contributed by atoms with Crippen LogP contribution in [0.25, 0.3) is 0 Å². The van der Waals surface area contributed by atoms with Gasteiger partial charge in [-0.1, -0.05) is 35.3 Å². The number of halogens is 2. The third-order valence-corrected chi connectivity index (χ3v) is 4.34. The lowest BCUT2D eigenvalue weighted by molar-refractivity contribution is 0.278. The first kappa shape index (κ1) is 16.4. The highest BCUT2D eigenvalue weighted by Crippen LogP contribution is 2.31. The second kappa shape index (κ2) is 7.85. The summed E-state index contributed by atoms with van der Waals surface area (Å²) in [5, 5.41) is 4.53. The number of benzene rings is 1. The number of hydrogen-bond acceptors (Lipinski definition) is 3. The van der Waals surface area contributed by atoms with Gasteiger partial charge in [0.25, 0.3) is 0 Å². The lowest BCUT2D eigenvalue weighted by Crippen LogP contribution is -2.25. The lowest BCUT2D eigenvalue weighted by atomic mass is 10.0. The van der Waals surface area contributed by atoms with Crippen molar-refractivity contribution >= 4 is 23.2 Å². The van der Waals surface area contributed by atoms with Gasteiger partial charge in [0.05, 0.1) is 22.9 Å². The van der Waals surface area contributed by atoms with Crippen molar-refractivity contribution in [1.29, 1.82) is 0 Å². The molecule has 1 heterocycles. The summed E-state index contributed by atoms with van der Waals surface area (Å²) in [6, 6.07) is 9.83. The summed E-state index contributed by atoms with van der Waals surface area (Å²) in [6.07, 6.45) is 2.64. The van der Waals surface area contributed by atoms with Crippen LogP contribution in [0, 0.1) is 0 Å². The van der Waals surface area contributed by atoms with Gasteiger partial charge in [-0.25, -0.2) is 0 Å². The van der Waals surface area contributed by atoms with Gasteiger partial charge in [-0.05, 0) is 44.3 Å². The Kier molecular flexibility index (Phi) is 6.12. The van der Waals surface area contributed by atoms with E-state index in [2.05, 4.69) is 17.3 Å². The van der Waals surface area contributed by atoms with E-state index in [-0.39, 0.29) is 6.04 Å². The Balaban J connectivity index is 1.94. The highest BCUT2D eigenvalue weighted by atomic mass is 35.5. The van der Waals surface area contributed by atoms with Crippen molar-refractivity contribution in [2.75, 3.05) is 20.6 Å². The minimum absolute atomic E-state index is 0.176. The Morgan fingerprint density at radius 3 is 2.71 bits per heavy atom. The molecule has 0 spiro atoms. The van der Waals surface area contributed by atoms with E-state index in [4.69, 9.17) is 27.6 Å². The van der Waals surface area contributed by atoms with E-state index in [1.54, 1.807) is 6.26 Å².